The zero-order valence-corrected chi connectivity index (χ0v) is 11.5. The van der Waals surface area contributed by atoms with Crippen LogP contribution in [0.2, 0.25) is 0 Å². The summed E-state index contributed by atoms with van der Waals surface area (Å²) in [7, 11) is 3.92. The summed E-state index contributed by atoms with van der Waals surface area (Å²) in [5, 5.41) is 12.8. The van der Waals surface area contributed by atoms with E-state index >= 15 is 0 Å². The van der Waals surface area contributed by atoms with Crippen molar-refractivity contribution in [3.63, 3.8) is 0 Å². The summed E-state index contributed by atoms with van der Waals surface area (Å²) < 4.78 is 5.57. The topological polar surface area (TPSA) is 57.6 Å². The molecular weight excluding hydrogens is 254 g/mol. The lowest BCUT2D eigenvalue weighted by Gasteiger charge is -2.15. The minimum Gasteiger partial charge on any atom is -0.508 e. The van der Waals surface area contributed by atoms with Crippen LogP contribution in [0, 0.1) is 0 Å². The molecule has 2 heterocycles. The fourth-order valence-corrected chi connectivity index (χ4v) is 2.26. The highest BCUT2D eigenvalue weighted by Gasteiger charge is 2.24. The molecule has 3 rings (SSSR count). The second-order valence-electron chi connectivity index (χ2n) is 5.03. The minimum absolute atomic E-state index is 0.0811. The first-order valence-electron chi connectivity index (χ1n) is 6.49. The number of fused-ring (bicyclic) bond motifs is 1. The fraction of sp³-hybridized carbons (Fsp3) is 0.267. The van der Waals surface area contributed by atoms with E-state index in [0.717, 1.165) is 22.8 Å². The summed E-state index contributed by atoms with van der Waals surface area (Å²) in [4.78, 5) is 6.33. The van der Waals surface area contributed by atoms with Crippen LogP contribution in [-0.2, 0) is 0 Å². The van der Waals surface area contributed by atoms with E-state index in [0.29, 0.717) is 6.61 Å². The number of phenolic OH excluding ortho intramolecular Hbond substituents is 1. The third-order valence-electron chi connectivity index (χ3n) is 3.33. The fourth-order valence-electron chi connectivity index (χ4n) is 2.26. The predicted molar refractivity (Wildman–Crippen MR) is 78.5 cm³/mol. The lowest BCUT2D eigenvalue weighted by molar-refractivity contribution is 0.338. The van der Waals surface area contributed by atoms with Gasteiger partial charge in [-0.05, 0) is 24.3 Å². The Kier molecular flexibility index (Phi) is 3.10. The number of phenols is 1. The molecule has 5 nitrogen and oxygen atoms in total. The molecule has 1 atom stereocenters. The van der Waals surface area contributed by atoms with Crippen molar-refractivity contribution in [2.45, 2.75) is 6.04 Å². The van der Waals surface area contributed by atoms with E-state index in [9.17, 15) is 5.11 Å². The van der Waals surface area contributed by atoms with E-state index in [1.54, 1.807) is 12.1 Å². The predicted octanol–water partition coefficient (Wildman–Crippen LogP) is 2.40. The van der Waals surface area contributed by atoms with Crippen LogP contribution in [0.4, 0.5) is 11.5 Å². The summed E-state index contributed by atoms with van der Waals surface area (Å²) in [6, 6.07) is 9.26. The smallest absolute Gasteiger partial charge is 0.128 e. The third-order valence-corrected chi connectivity index (χ3v) is 3.33. The standard InChI is InChI=1S/C15H17N3O2/c1-18(2)15-6-3-10(8-16-15)17-13-9-20-14-7-11(19)4-5-12(13)14/h3-8,13,17,19H,9H2,1-2H3. The highest BCUT2D eigenvalue weighted by Crippen LogP contribution is 2.36. The molecular formula is C15H17N3O2. The Morgan fingerprint density at radius 1 is 1.30 bits per heavy atom. The number of anilines is 2. The van der Waals surface area contributed by atoms with Gasteiger partial charge >= 0.3 is 0 Å². The van der Waals surface area contributed by atoms with Gasteiger partial charge in [0, 0.05) is 25.7 Å². The number of aromatic hydroxyl groups is 1. The molecule has 104 valence electrons. The zero-order chi connectivity index (χ0) is 14.1. The zero-order valence-electron chi connectivity index (χ0n) is 11.5. The molecule has 20 heavy (non-hydrogen) atoms. The molecule has 0 bridgehead atoms. The van der Waals surface area contributed by atoms with Crippen molar-refractivity contribution in [1.29, 1.82) is 0 Å². The van der Waals surface area contributed by atoms with Gasteiger partial charge in [0.25, 0.3) is 0 Å². The number of nitrogens with zero attached hydrogens (tertiary/aromatic N) is 2. The van der Waals surface area contributed by atoms with Crippen LogP contribution in [0.15, 0.2) is 36.5 Å². The molecule has 0 spiro atoms. The first-order valence-corrected chi connectivity index (χ1v) is 6.49. The molecule has 0 saturated carbocycles. The van der Waals surface area contributed by atoms with Crippen LogP contribution in [-0.4, -0.2) is 30.8 Å². The molecule has 0 fully saturated rings. The highest BCUT2D eigenvalue weighted by molar-refractivity contribution is 5.52. The first kappa shape index (κ1) is 12.6. The van der Waals surface area contributed by atoms with Gasteiger partial charge < -0.3 is 20.1 Å². The number of rotatable bonds is 3. The summed E-state index contributed by atoms with van der Waals surface area (Å²) in [6.45, 7) is 0.550. The Balaban J connectivity index is 1.77. The SMILES string of the molecule is CN(C)c1ccc(NC2COc3cc(O)ccc32)cn1. The highest BCUT2D eigenvalue weighted by atomic mass is 16.5. The van der Waals surface area contributed by atoms with Gasteiger partial charge in [-0.25, -0.2) is 4.98 Å². The lowest BCUT2D eigenvalue weighted by atomic mass is 10.1. The van der Waals surface area contributed by atoms with Crippen molar-refractivity contribution in [2.75, 3.05) is 30.9 Å². The van der Waals surface area contributed by atoms with Crippen LogP contribution in [0.25, 0.3) is 0 Å². The largest absolute Gasteiger partial charge is 0.508 e. The average Bonchev–Trinajstić information content (AvgIpc) is 2.81. The summed E-state index contributed by atoms with van der Waals surface area (Å²) in [5.74, 6) is 1.88. The molecule has 1 aromatic carbocycles. The van der Waals surface area contributed by atoms with Crippen molar-refractivity contribution < 1.29 is 9.84 Å². The molecule has 5 heteroatoms. The van der Waals surface area contributed by atoms with Gasteiger partial charge in [-0.3, -0.25) is 0 Å². The maximum absolute atomic E-state index is 9.44. The molecule has 0 saturated heterocycles. The van der Waals surface area contributed by atoms with Crippen molar-refractivity contribution in [1.82, 2.24) is 4.98 Å². The number of pyridine rings is 1. The molecule has 1 unspecified atom stereocenters. The van der Waals surface area contributed by atoms with Crippen molar-refractivity contribution in [2.24, 2.45) is 0 Å². The Hall–Kier alpha value is -2.43. The second kappa shape index (κ2) is 4.92. The summed E-state index contributed by atoms with van der Waals surface area (Å²) in [6.07, 6.45) is 1.81. The van der Waals surface area contributed by atoms with E-state index in [1.165, 1.54) is 0 Å². The van der Waals surface area contributed by atoms with E-state index in [-0.39, 0.29) is 11.8 Å². The van der Waals surface area contributed by atoms with Crippen LogP contribution >= 0.6 is 0 Å². The van der Waals surface area contributed by atoms with Gasteiger partial charge in [0.1, 0.15) is 23.9 Å². The van der Waals surface area contributed by atoms with Gasteiger partial charge in [0.05, 0.1) is 17.9 Å². The summed E-state index contributed by atoms with van der Waals surface area (Å²) >= 11 is 0. The average molecular weight is 271 g/mol. The Morgan fingerprint density at radius 3 is 2.85 bits per heavy atom. The summed E-state index contributed by atoms with van der Waals surface area (Å²) in [5.41, 5.74) is 2.00. The lowest BCUT2D eigenvalue weighted by Crippen LogP contribution is -2.13. The third kappa shape index (κ3) is 2.34. The molecule has 1 aliphatic heterocycles. The monoisotopic (exact) mass is 271 g/mol. The normalized spacial score (nSPS) is 16.4. The van der Waals surface area contributed by atoms with Gasteiger partial charge in [0.2, 0.25) is 0 Å². The van der Waals surface area contributed by atoms with Gasteiger partial charge in [-0.2, -0.15) is 0 Å². The van der Waals surface area contributed by atoms with E-state index in [1.807, 2.05) is 43.4 Å². The molecule has 2 N–H and O–H groups in total. The quantitative estimate of drug-likeness (QED) is 0.897. The first-order chi connectivity index (χ1) is 9.63. The van der Waals surface area contributed by atoms with Crippen LogP contribution in [0.3, 0.4) is 0 Å². The number of hydrogen-bond acceptors (Lipinski definition) is 5. The van der Waals surface area contributed by atoms with Crippen LogP contribution in [0.1, 0.15) is 11.6 Å². The maximum Gasteiger partial charge on any atom is 0.128 e. The Morgan fingerprint density at radius 2 is 2.15 bits per heavy atom. The second-order valence-corrected chi connectivity index (χ2v) is 5.03. The van der Waals surface area contributed by atoms with Gasteiger partial charge in [0.15, 0.2) is 0 Å². The van der Waals surface area contributed by atoms with Crippen LogP contribution in [0.5, 0.6) is 11.5 Å². The molecule has 0 amide bonds. The number of benzene rings is 1. The van der Waals surface area contributed by atoms with Crippen molar-refractivity contribution in [3.8, 4) is 11.5 Å². The maximum atomic E-state index is 9.44. The van der Waals surface area contributed by atoms with E-state index < -0.39 is 0 Å². The van der Waals surface area contributed by atoms with Crippen LogP contribution < -0.4 is 15.0 Å². The van der Waals surface area contributed by atoms with Crippen molar-refractivity contribution >= 4 is 11.5 Å². The number of aromatic nitrogens is 1. The van der Waals surface area contributed by atoms with Gasteiger partial charge in [-0.1, -0.05) is 0 Å². The molecule has 0 aliphatic carbocycles. The van der Waals surface area contributed by atoms with Crippen molar-refractivity contribution in [3.05, 3.63) is 42.1 Å². The minimum atomic E-state index is 0.0811. The molecule has 0 radical (unpaired) electrons. The Labute approximate surface area is 117 Å². The molecule has 1 aromatic heterocycles. The Bertz CT molecular complexity index is 611. The molecule has 1 aliphatic rings. The van der Waals surface area contributed by atoms with E-state index in [4.69, 9.17) is 4.74 Å². The van der Waals surface area contributed by atoms with Gasteiger partial charge in [-0.15, -0.1) is 0 Å². The number of hydrogen-bond donors (Lipinski definition) is 2. The number of nitrogens with one attached hydrogen (secondary N) is 1. The number of ether oxygens (including phenoxy) is 1. The van der Waals surface area contributed by atoms with E-state index in [2.05, 4.69) is 10.3 Å². The molecule has 2 aromatic rings.